The number of carbonyl (C=O) groups excluding carboxylic acids is 1. The molecule has 0 fully saturated rings. The van der Waals surface area contributed by atoms with E-state index in [1.165, 1.54) is 23.1 Å². The summed E-state index contributed by atoms with van der Waals surface area (Å²) in [5, 5.41) is 12.3. The first-order chi connectivity index (χ1) is 11.5. The third kappa shape index (κ3) is 4.18. The van der Waals surface area contributed by atoms with Crippen molar-refractivity contribution in [1.82, 2.24) is 20.2 Å². The number of thioether (sulfide) groups is 1. The molecule has 124 valence electrons. The summed E-state index contributed by atoms with van der Waals surface area (Å²) >= 11 is 2.78. The molecule has 0 bridgehead atoms. The summed E-state index contributed by atoms with van der Waals surface area (Å²) in [5.74, 6) is 1.12. The van der Waals surface area contributed by atoms with E-state index in [0.29, 0.717) is 21.8 Å². The van der Waals surface area contributed by atoms with Crippen LogP contribution in [0.25, 0.3) is 0 Å². The molecule has 0 aliphatic carbocycles. The van der Waals surface area contributed by atoms with Gasteiger partial charge in [-0.3, -0.25) is 10.1 Å². The lowest BCUT2D eigenvalue weighted by Crippen LogP contribution is -2.10. The number of amides is 1. The average Bonchev–Trinajstić information content (AvgIpc) is 3.13. The van der Waals surface area contributed by atoms with Crippen LogP contribution in [-0.2, 0) is 5.75 Å². The Kier molecular flexibility index (Phi) is 4.91. The smallest absolute Gasteiger partial charge is 0.293 e. The van der Waals surface area contributed by atoms with E-state index in [2.05, 4.69) is 25.5 Å². The summed E-state index contributed by atoms with van der Waals surface area (Å²) in [6, 6.07) is 5.34. The normalized spacial score (nSPS) is 10.8. The summed E-state index contributed by atoms with van der Waals surface area (Å²) < 4.78 is 5.57. The monoisotopic (exact) mass is 361 g/mol. The largest absolute Gasteiger partial charge is 0.455 e. The highest BCUT2D eigenvalue weighted by Gasteiger charge is 2.14. The van der Waals surface area contributed by atoms with E-state index in [-0.39, 0.29) is 11.7 Å². The average molecular weight is 361 g/mol. The van der Waals surface area contributed by atoms with Crippen LogP contribution < -0.4 is 5.32 Å². The van der Waals surface area contributed by atoms with Crippen LogP contribution >= 0.6 is 23.1 Å². The lowest BCUT2D eigenvalue weighted by Gasteiger charge is -2.01. The summed E-state index contributed by atoms with van der Waals surface area (Å²) in [5.41, 5.74) is 1.86. The van der Waals surface area contributed by atoms with Crippen molar-refractivity contribution in [1.29, 1.82) is 0 Å². The summed E-state index contributed by atoms with van der Waals surface area (Å²) in [4.78, 5) is 20.8. The Balaban J connectivity index is 1.61. The van der Waals surface area contributed by atoms with Gasteiger partial charge in [0.25, 0.3) is 5.91 Å². The molecule has 0 unspecified atom stereocenters. The molecule has 0 aliphatic rings. The summed E-state index contributed by atoms with van der Waals surface area (Å²) in [6.07, 6.45) is 0. The number of carbonyl (C=O) groups is 1. The molecule has 0 atom stereocenters. The Morgan fingerprint density at radius 1 is 1.21 bits per heavy atom. The topological polar surface area (TPSA) is 93.8 Å². The number of nitrogens with zero attached hydrogens (tertiary/aromatic N) is 4. The van der Waals surface area contributed by atoms with Crippen LogP contribution in [0, 0.1) is 20.8 Å². The van der Waals surface area contributed by atoms with Crippen LogP contribution in [0.4, 0.5) is 5.13 Å². The molecule has 3 aromatic rings. The van der Waals surface area contributed by atoms with E-state index in [4.69, 9.17) is 4.42 Å². The summed E-state index contributed by atoms with van der Waals surface area (Å²) in [6.45, 7) is 5.69. The van der Waals surface area contributed by atoms with Gasteiger partial charge >= 0.3 is 0 Å². The highest BCUT2D eigenvalue weighted by Crippen LogP contribution is 2.22. The number of aryl methyl sites for hydroxylation is 3. The van der Waals surface area contributed by atoms with Gasteiger partial charge in [-0.05, 0) is 39.0 Å². The SMILES string of the molecule is Cc1cc(C)nc(SCc2ccc(C(=O)Nc3nnc(C)s3)o2)n1. The van der Waals surface area contributed by atoms with E-state index < -0.39 is 0 Å². The zero-order chi connectivity index (χ0) is 17.1. The fourth-order valence-corrected chi connectivity index (χ4v) is 3.41. The molecule has 0 aromatic carbocycles. The van der Waals surface area contributed by atoms with E-state index in [1.54, 1.807) is 12.1 Å². The first kappa shape index (κ1) is 16.6. The molecule has 0 aliphatic heterocycles. The van der Waals surface area contributed by atoms with Gasteiger partial charge in [-0.15, -0.1) is 10.2 Å². The number of anilines is 1. The minimum Gasteiger partial charge on any atom is -0.455 e. The molecule has 24 heavy (non-hydrogen) atoms. The van der Waals surface area contributed by atoms with Gasteiger partial charge in [0.1, 0.15) is 10.8 Å². The Hall–Kier alpha value is -2.26. The van der Waals surface area contributed by atoms with Crippen LogP contribution in [0.3, 0.4) is 0 Å². The third-order valence-electron chi connectivity index (χ3n) is 2.94. The lowest BCUT2D eigenvalue weighted by atomic mass is 10.4. The number of hydrogen-bond donors (Lipinski definition) is 1. The quantitative estimate of drug-likeness (QED) is 0.550. The number of hydrogen-bond acceptors (Lipinski definition) is 8. The highest BCUT2D eigenvalue weighted by atomic mass is 32.2. The minimum atomic E-state index is -0.343. The van der Waals surface area contributed by atoms with Crippen LogP contribution in [0.15, 0.2) is 27.8 Å². The number of nitrogens with one attached hydrogen (secondary N) is 1. The molecule has 0 spiro atoms. The molecule has 3 rings (SSSR count). The van der Waals surface area contributed by atoms with Crippen LogP contribution in [-0.4, -0.2) is 26.1 Å². The van der Waals surface area contributed by atoms with Gasteiger partial charge in [-0.2, -0.15) is 0 Å². The third-order valence-corrected chi connectivity index (χ3v) is 4.56. The molecule has 0 saturated heterocycles. The fraction of sp³-hybridized carbons (Fsp3) is 0.267. The highest BCUT2D eigenvalue weighted by molar-refractivity contribution is 7.98. The van der Waals surface area contributed by atoms with E-state index in [9.17, 15) is 4.79 Å². The van der Waals surface area contributed by atoms with E-state index >= 15 is 0 Å². The molecule has 9 heteroatoms. The molecular weight excluding hydrogens is 346 g/mol. The predicted molar refractivity (Wildman–Crippen MR) is 92.4 cm³/mol. The van der Waals surface area contributed by atoms with Gasteiger partial charge in [-0.1, -0.05) is 23.1 Å². The van der Waals surface area contributed by atoms with E-state index in [1.807, 2.05) is 26.8 Å². The summed E-state index contributed by atoms with van der Waals surface area (Å²) in [7, 11) is 0. The number of furan rings is 1. The van der Waals surface area contributed by atoms with Gasteiger partial charge in [0.05, 0.1) is 5.75 Å². The standard InChI is InChI=1S/C15H15N5O2S2/c1-8-6-9(2)17-14(16-8)23-7-11-4-5-12(22-11)13(21)18-15-20-19-10(3)24-15/h4-6H,7H2,1-3H3,(H,18,20,21). The van der Waals surface area contributed by atoms with Crippen molar-refractivity contribution in [2.45, 2.75) is 31.7 Å². The molecule has 1 N–H and O–H groups in total. The van der Waals surface area contributed by atoms with Gasteiger partial charge in [0.2, 0.25) is 5.13 Å². The van der Waals surface area contributed by atoms with Crippen LogP contribution in [0.2, 0.25) is 0 Å². The Labute approximate surface area is 146 Å². The molecule has 1 amide bonds. The molecule has 0 radical (unpaired) electrons. The predicted octanol–water partition coefficient (Wildman–Crippen LogP) is 3.39. The van der Waals surface area contributed by atoms with Crippen LogP contribution in [0.5, 0.6) is 0 Å². The Morgan fingerprint density at radius 2 is 1.96 bits per heavy atom. The fourth-order valence-electron chi connectivity index (χ4n) is 1.98. The maximum atomic E-state index is 12.1. The van der Waals surface area contributed by atoms with Crippen molar-refractivity contribution in [3.63, 3.8) is 0 Å². The molecule has 0 saturated carbocycles. The lowest BCUT2D eigenvalue weighted by molar-refractivity contribution is 0.0995. The van der Waals surface area contributed by atoms with Crippen molar-refractivity contribution in [3.05, 3.63) is 46.1 Å². The zero-order valence-electron chi connectivity index (χ0n) is 13.4. The minimum absolute atomic E-state index is 0.236. The van der Waals surface area contributed by atoms with Gasteiger partial charge < -0.3 is 4.42 Å². The molecule has 7 nitrogen and oxygen atoms in total. The molecule has 3 heterocycles. The van der Waals surface area contributed by atoms with Gasteiger partial charge in [0, 0.05) is 11.4 Å². The Morgan fingerprint density at radius 3 is 2.62 bits per heavy atom. The van der Waals surface area contributed by atoms with E-state index in [0.717, 1.165) is 16.4 Å². The first-order valence-corrected chi connectivity index (χ1v) is 8.95. The van der Waals surface area contributed by atoms with Crippen molar-refractivity contribution in [2.75, 3.05) is 5.32 Å². The maximum absolute atomic E-state index is 12.1. The second kappa shape index (κ2) is 7.10. The first-order valence-electron chi connectivity index (χ1n) is 7.15. The molecular formula is C15H15N5O2S2. The van der Waals surface area contributed by atoms with Gasteiger partial charge in [-0.25, -0.2) is 9.97 Å². The van der Waals surface area contributed by atoms with Crippen molar-refractivity contribution < 1.29 is 9.21 Å². The van der Waals surface area contributed by atoms with Gasteiger partial charge in [0.15, 0.2) is 10.9 Å². The second-order valence-corrected chi connectivity index (χ2v) is 7.19. The second-order valence-electron chi connectivity index (χ2n) is 5.07. The Bertz CT molecular complexity index is 854. The number of aromatic nitrogens is 4. The molecule has 3 aromatic heterocycles. The van der Waals surface area contributed by atoms with Crippen molar-refractivity contribution in [3.8, 4) is 0 Å². The maximum Gasteiger partial charge on any atom is 0.293 e. The van der Waals surface area contributed by atoms with Crippen molar-refractivity contribution in [2.24, 2.45) is 0 Å². The zero-order valence-corrected chi connectivity index (χ0v) is 15.0. The number of rotatable bonds is 5. The van der Waals surface area contributed by atoms with Crippen molar-refractivity contribution >= 4 is 34.1 Å². The van der Waals surface area contributed by atoms with Crippen LogP contribution in [0.1, 0.15) is 32.7 Å².